The third-order valence-corrected chi connectivity index (χ3v) is 2.57. The van der Waals surface area contributed by atoms with Gasteiger partial charge in [-0.25, -0.2) is 8.78 Å². The molecule has 0 aliphatic carbocycles. The van der Waals surface area contributed by atoms with Gasteiger partial charge in [0.05, 0.1) is 7.11 Å². The van der Waals surface area contributed by atoms with Crippen LogP contribution in [0.4, 0.5) is 8.78 Å². The molecule has 98 valence electrons. The maximum atomic E-state index is 12.6. The SMILES string of the molecule is COc1cc(C(=O)N=O)cc2cc(C(F)F)cnc12. The predicted molar refractivity (Wildman–Crippen MR) is 63.4 cm³/mol. The van der Waals surface area contributed by atoms with E-state index in [9.17, 15) is 18.5 Å². The van der Waals surface area contributed by atoms with Crippen LogP contribution >= 0.6 is 0 Å². The Morgan fingerprint density at radius 2 is 2.11 bits per heavy atom. The molecule has 1 aromatic heterocycles. The number of methoxy groups -OCH3 is 1. The predicted octanol–water partition coefficient (Wildman–Crippen LogP) is 3.09. The first-order chi connectivity index (χ1) is 9.06. The van der Waals surface area contributed by atoms with Crippen molar-refractivity contribution in [3.8, 4) is 5.75 Å². The summed E-state index contributed by atoms with van der Waals surface area (Å²) in [6, 6.07) is 3.76. The number of carbonyl (C=O) groups excluding carboxylic acids is 1. The first kappa shape index (κ1) is 13.0. The number of benzene rings is 1. The highest BCUT2D eigenvalue weighted by atomic mass is 19.3. The number of rotatable bonds is 3. The van der Waals surface area contributed by atoms with Crippen molar-refractivity contribution < 1.29 is 18.3 Å². The number of ether oxygens (including phenoxy) is 1. The second kappa shape index (κ2) is 5.05. The van der Waals surface area contributed by atoms with Crippen molar-refractivity contribution in [2.75, 3.05) is 7.11 Å². The van der Waals surface area contributed by atoms with Crippen LogP contribution in [0.15, 0.2) is 29.6 Å². The van der Waals surface area contributed by atoms with Crippen LogP contribution in [-0.4, -0.2) is 18.0 Å². The third kappa shape index (κ3) is 2.40. The summed E-state index contributed by atoms with van der Waals surface area (Å²) < 4.78 is 30.2. The summed E-state index contributed by atoms with van der Waals surface area (Å²) in [5.41, 5.74) is 0.0140. The molecule has 2 aromatic rings. The summed E-state index contributed by atoms with van der Waals surface area (Å²) in [6.45, 7) is 0. The number of alkyl halides is 2. The Hall–Kier alpha value is -2.44. The molecule has 0 radical (unpaired) electrons. The average molecular weight is 266 g/mol. The number of hydrogen-bond acceptors (Lipinski definition) is 4. The van der Waals surface area contributed by atoms with Gasteiger partial charge in [0.15, 0.2) is 0 Å². The van der Waals surface area contributed by atoms with E-state index in [1.165, 1.54) is 25.3 Å². The summed E-state index contributed by atoms with van der Waals surface area (Å²) in [4.78, 5) is 25.4. The Morgan fingerprint density at radius 1 is 1.37 bits per heavy atom. The summed E-state index contributed by atoms with van der Waals surface area (Å²) >= 11 is 0. The molecule has 0 spiro atoms. The molecule has 0 bridgehead atoms. The average Bonchev–Trinajstić information content (AvgIpc) is 2.44. The highest BCUT2D eigenvalue weighted by Crippen LogP contribution is 2.29. The summed E-state index contributed by atoms with van der Waals surface area (Å²) in [5.74, 6) is -0.784. The molecule has 1 heterocycles. The van der Waals surface area contributed by atoms with Gasteiger partial charge in [0.2, 0.25) is 0 Å². The molecule has 0 atom stereocenters. The van der Waals surface area contributed by atoms with Gasteiger partial charge in [-0.1, -0.05) is 0 Å². The lowest BCUT2D eigenvalue weighted by Crippen LogP contribution is -1.97. The number of fused-ring (bicyclic) bond motifs is 1. The van der Waals surface area contributed by atoms with Crippen molar-refractivity contribution in [3.05, 3.63) is 40.4 Å². The van der Waals surface area contributed by atoms with Crippen LogP contribution in [-0.2, 0) is 0 Å². The third-order valence-electron chi connectivity index (χ3n) is 2.57. The first-order valence-corrected chi connectivity index (χ1v) is 5.20. The molecule has 1 amide bonds. The molecule has 7 heteroatoms. The lowest BCUT2D eigenvalue weighted by molar-refractivity contribution is 0.100. The van der Waals surface area contributed by atoms with Crippen molar-refractivity contribution in [1.82, 2.24) is 4.98 Å². The van der Waals surface area contributed by atoms with Crippen molar-refractivity contribution in [2.45, 2.75) is 6.43 Å². The van der Waals surface area contributed by atoms with Crippen LogP contribution in [0, 0.1) is 4.91 Å². The van der Waals surface area contributed by atoms with Crippen LogP contribution in [0.25, 0.3) is 10.9 Å². The fraction of sp³-hybridized carbons (Fsp3) is 0.167. The van der Waals surface area contributed by atoms with Crippen LogP contribution in [0.1, 0.15) is 22.3 Å². The molecule has 0 aliphatic rings. The second-order valence-corrected chi connectivity index (χ2v) is 3.72. The van der Waals surface area contributed by atoms with Gasteiger partial charge in [-0.05, 0) is 18.2 Å². The Balaban J connectivity index is 2.70. The number of pyridine rings is 1. The van der Waals surface area contributed by atoms with Gasteiger partial charge in [0.25, 0.3) is 6.43 Å². The maximum absolute atomic E-state index is 12.6. The van der Waals surface area contributed by atoms with Crippen molar-refractivity contribution in [2.24, 2.45) is 5.18 Å². The normalized spacial score (nSPS) is 10.7. The summed E-state index contributed by atoms with van der Waals surface area (Å²) in [7, 11) is 1.35. The minimum absolute atomic E-state index is 0.0347. The van der Waals surface area contributed by atoms with Crippen LogP contribution in [0.5, 0.6) is 5.75 Å². The lowest BCUT2D eigenvalue weighted by atomic mass is 10.1. The number of nitrogens with zero attached hydrogens (tertiary/aromatic N) is 2. The molecule has 0 aliphatic heterocycles. The van der Waals surface area contributed by atoms with Gasteiger partial charge < -0.3 is 4.74 Å². The Morgan fingerprint density at radius 3 is 2.68 bits per heavy atom. The largest absolute Gasteiger partial charge is 0.494 e. The topological polar surface area (TPSA) is 68.6 Å². The molecule has 2 rings (SSSR count). The minimum atomic E-state index is -2.67. The van der Waals surface area contributed by atoms with E-state index in [4.69, 9.17) is 4.74 Å². The zero-order chi connectivity index (χ0) is 14.0. The molecular formula is C12H8F2N2O3. The van der Waals surface area contributed by atoms with Crippen molar-refractivity contribution in [3.63, 3.8) is 0 Å². The quantitative estimate of drug-likeness (QED) is 0.800. The summed E-state index contributed by atoms with van der Waals surface area (Å²) in [5, 5.41) is 2.57. The van der Waals surface area contributed by atoms with Gasteiger partial charge in [-0.15, -0.1) is 4.91 Å². The van der Waals surface area contributed by atoms with E-state index in [1.807, 2.05) is 0 Å². The van der Waals surface area contributed by atoms with E-state index in [0.29, 0.717) is 5.52 Å². The van der Waals surface area contributed by atoms with E-state index in [0.717, 1.165) is 6.20 Å². The molecular weight excluding hydrogens is 258 g/mol. The van der Waals surface area contributed by atoms with Gasteiger partial charge >= 0.3 is 5.91 Å². The standard InChI is InChI=1S/C12H8F2N2O3/c1-19-9-4-7(12(17)16-18)2-6-3-8(11(13)14)5-15-10(6)9/h2-5,11H,1H3. The molecule has 0 saturated carbocycles. The molecule has 0 fully saturated rings. The maximum Gasteiger partial charge on any atom is 0.316 e. The van der Waals surface area contributed by atoms with Gasteiger partial charge in [0, 0.05) is 27.9 Å². The van der Waals surface area contributed by atoms with Crippen LogP contribution in [0.3, 0.4) is 0 Å². The number of hydrogen-bond donors (Lipinski definition) is 0. The summed E-state index contributed by atoms with van der Waals surface area (Å²) in [6.07, 6.45) is -1.64. The first-order valence-electron chi connectivity index (χ1n) is 5.20. The van der Waals surface area contributed by atoms with Gasteiger partial charge in [0.1, 0.15) is 11.3 Å². The van der Waals surface area contributed by atoms with E-state index in [1.54, 1.807) is 0 Å². The minimum Gasteiger partial charge on any atom is -0.494 e. The zero-order valence-electron chi connectivity index (χ0n) is 9.76. The van der Waals surface area contributed by atoms with E-state index < -0.39 is 12.3 Å². The highest BCUT2D eigenvalue weighted by molar-refractivity contribution is 6.00. The Labute approximate surface area is 106 Å². The van der Waals surface area contributed by atoms with E-state index in [-0.39, 0.29) is 22.3 Å². The Bertz CT molecular complexity index is 659. The second-order valence-electron chi connectivity index (χ2n) is 3.72. The molecule has 5 nitrogen and oxygen atoms in total. The van der Waals surface area contributed by atoms with Crippen molar-refractivity contribution in [1.29, 1.82) is 0 Å². The molecule has 1 aromatic carbocycles. The molecule has 19 heavy (non-hydrogen) atoms. The molecule has 0 unspecified atom stereocenters. The van der Waals surface area contributed by atoms with Crippen LogP contribution in [0.2, 0.25) is 0 Å². The monoisotopic (exact) mass is 266 g/mol. The van der Waals surface area contributed by atoms with Gasteiger partial charge in [-0.3, -0.25) is 9.78 Å². The number of amides is 1. The highest BCUT2D eigenvalue weighted by Gasteiger charge is 2.14. The van der Waals surface area contributed by atoms with Crippen molar-refractivity contribution >= 4 is 16.8 Å². The number of carbonyl (C=O) groups is 1. The fourth-order valence-corrected chi connectivity index (χ4v) is 1.68. The zero-order valence-corrected chi connectivity index (χ0v) is 9.76. The smallest absolute Gasteiger partial charge is 0.316 e. The van der Waals surface area contributed by atoms with Crippen LogP contribution < -0.4 is 4.74 Å². The van der Waals surface area contributed by atoms with E-state index in [2.05, 4.69) is 10.2 Å². The number of halogens is 2. The lowest BCUT2D eigenvalue weighted by Gasteiger charge is -2.08. The Kier molecular flexibility index (Phi) is 3.46. The van der Waals surface area contributed by atoms with Gasteiger partial charge in [-0.2, -0.15) is 0 Å². The fourth-order valence-electron chi connectivity index (χ4n) is 1.68. The van der Waals surface area contributed by atoms with E-state index >= 15 is 0 Å². The molecule has 0 saturated heterocycles. The molecule has 0 N–H and O–H groups in total. The number of aromatic nitrogens is 1. The number of nitroso groups, excluding NO2 is 1.